The molecule has 0 spiro atoms. The summed E-state index contributed by atoms with van der Waals surface area (Å²) in [7, 11) is 1.62. The van der Waals surface area contributed by atoms with Gasteiger partial charge < -0.3 is 14.8 Å². The zero-order valence-electron chi connectivity index (χ0n) is 10.4. The molecule has 1 aromatic carbocycles. The van der Waals surface area contributed by atoms with Crippen LogP contribution in [0.4, 0.5) is 0 Å². The maximum absolute atomic E-state index is 11.2. The maximum Gasteiger partial charge on any atom is 0.220 e. The van der Waals surface area contributed by atoms with E-state index in [4.69, 9.17) is 9.47 Å². The van der Waals surface area contributed by atoms with E-state index in [-0.39, 0.29) is 5.91 Å². The Morgan fingerprint density at radius 1 is 1.35 bits per heavy atom. The van der Waals surface area contributed by atoms with E-state index in [9.17, 15) is 4.79 Å². The molecule has 94 valence electrons. The van der Waals surface area contributed by atoms with Crippen LogP contribution in [0.1, 0.15) is 19.8 Å². The van der Waals surface area contributed by atoms with E-state index in [1.54, 1.807) is 7.11 Å². The summed E-state index contributed by atoms with van der Waals surface area (Å²) < 4.78 is 10.6. The second kappa shape index (κ2) is 7.54. The standard InChI is InChI=1S/C13H19NO3/c1-3-14-13(15)8-5-9-17-12-7-4-6-11(10-12)16-2/h4,6-7,10H,3,5,8-9H2,1-2H3,(H,14,15). The Balaban J connectivity index is 2.24. The largest absolute Gasteiger partial charge is 0.497 e. The van der Waals surface area contributed by atoms with Crippen LogP contribution >= 0.6 is 0 Å². The highest BCUT2D eigenvalue weighted by molar-refractivity contribution is 5.75. The van der Waals surface area contributed by atoms with Crippen LogP contribution in [0.2, 0.25) is 0 Å². The van der Waals surface area contributed by atoms with E-state index in [0.29, 0.717) is 26.0 Å². The van der Waals surface area contributed by atoms with E-state index >= 15 is 0 Å². The third-order valence-electron chi connectivity index (χ3n) is 2.23. The molecule has 1 aromatic rings. The van der Waals surface area contributed by atoms with Crippen molar-refractivity contribution in [2.24, 2.45) is 0 Å². The monoisotopic (exact) mass is 237 g/mol. The van der Waals surface area contributed by atoms with Gasteiger partial charge in [-0.2, -0.15) is 0 Å². The number of hydrogen-bond acceptors (Lipinski definition) is 3. The van der Waals surface area contributed by atoms with Crippen LogP contribution in [0, 0.1) is 0 Å². The predicted molar refractivity (Wildman–Crippen MR) is 66.4 cm³/mol. The van der Waals surface area contributed by atoms with Crippen molar-refractivity contribution in [2.75, 3.05) is 20.3 Å². The van der Waals surface area contributed by atoms with Crippen LogP contribution < -0.4 is 14.8 Å². The zero-order chi connectivity index (χ0) is 12.5. The lowest BCUT2D eigenvalue weighted by atomic mass is 10.3. The van der Waals surface area contributed by atoms with Crippen molar-refractivity contribution in [3.8, 4) is 11.5 Å². The first-order chi connectivity index (χ1) is 8.26. The van der Waals surface area contributed by atoms with Gasteiger partial charge in [0.15, 0.2) is 0 Å². The molecule has 0 aliphatic heterocycles. The Hall–Kier alpha value is -1.71. The molecule has 1 N–H and O–H groups in total. The first kappa shape index (κ1) is 13.4. The highest BCUT2D eigenvalue weighted by Crippen LogP contribution is 2.18. The molecule has 0 aliphatic carbocycles. The zero-order valence-corrected chi connectivity index (χ0v) is 10.4. The molecule has 0 saturated carbocycles. The highest BCUT2D eigenvalue weighted by atomic mass is 16.5. The lowest BCUT2D eigenvalue weighted by Crippen LogP contribution is -2.22. The summed E-state index contributed by atoms with van der Waals surface area (Å²) in [5.74, 6) is 1.60. The Bertz CT molecular complexity index is 352. The molecule has 4 nitrogen and oxygen atoms in total. The van der Waals surface area contributed by atoms with Crippen molar-refractivity contribution in [3.63, 3.8) is 0 Å². The molecule has 0 aromatic heterocycles. The summed E-state index contributed by atoms with van der Waals surface area (Å²) in [4.78, 5) is 11.2. The number of carbonyl (C=O) groups is 1. The molecule has 17 heavy (non-hydrogen) atoms. The summed E-state index contributed by atoms with van der Waals surface area (Å²) in [6.07, 6.45) is 1.21. The fourth-order valence-corrected chi connectivity index (χ4v) is 1.40. The van der Waals surface area contributed by atoms with Crippen LogP contribution in [0.3, 0.4) is 0 Å². The number of carbonyl (C=O) groups excluding carboxylic acids is 1. The van der Waals surface area contributed by atoms with Gasteiger partial charge in [0.05, 0.1) is 13.7 Å². The molecule has 4 heteroatoms. The van der Waals surface area contributed by atoms with Gasteiger partial charge in [-0.3, -0.25) is 4.79 Å². The number of methoxy groups -OCH3 is 1. The van der Waals surface area contributed by atoms with Gasteiger partial charge in [0.25, 0.3) is 0 Å². The van der Waals surface area contributed by atoms with Gasteiger partial charge in [0.1, 0.15) is 11.5 Å². The molecule has 0 unspecified atom stereocenters. The summed E-state index contributed by atoms with van der Waals surface area (Å²) in [6.45, 7) is 3.12. The lowest BCUT2D eigenvalue weighted by Gasteiger charge is -2.07. The second-order valence-electron chi connectivity index (χ2n) is 3.58. The van der Waals surface area contributed by atoms with Gasteiger partial charge in [0, 0.05) is 19.0 Å². The van der Waals surface area contributed by atoms with Gasteiger partial charge in [-0.15, -0.1) is 0 Å². The van der Waals surface area contributed by atoms with Crippen LogP contribution in [0.25, 0.3) is 0 Å². The van der Waals surface area contributed by atoms with Gasteiger partial charge >= 0.3 is 0 Å². The normalized spacial score (nSPS) is 9.76. The Morgan fingerprint density at radius 3 is 2.82 bits per heavy atom. The maximum atomic E-state index is 11.2. The lowest BCUT2D eigenvalue weighted by molar-refractivity contribution is -0.121. The third-order valence-corrected chi connectivity index (χ3v) is 2.23. The van der Waals surface area contributed by atoms with E-state index in [1.165, 1.54) is 0 Å². The van der Waals surface area contributed by atoms with Gasteiger partial charge in [-0.05, 0) is 25.5 Å². The smallest absolute Gasteiger partial charge is 0.220 e. The van der Waals surface area contributed by atoms with E-state index in [2.05, 4.69) is 5.32 Å². The minimum Gasteiger partial charge on any atom is -0.497 e. The third kappa shape index (κ3) is 5.24. The minimum absolute atomic E-state index is 0.0711. The number of ether oxygens (including phenoxy) is 2. The SMILES string of the molecule is CCNC(=O)CCCOc1cccc(OC)c1. The quantitative estimate of drug-likeness (QED) is 0.738. The van der Waals surface area contributed by atoms with Crippen molar-refractivity contribution in [1.82, 2.24) is 5.32 Å². The number of rotatable bonds is 7. The van der Waals surface area contributed by atoms with Crippen LogP contribution in [-0.4, -0.2) is 26.2 Å². The molecule has 0 heterocycles. The fraction of sp³-hybridized carbons (Fsp3) is 0.462. The number of nitrogens with one attached hydrogen (secondary N) is 1. The molecule has 0 fully saturated rings. The Morgan fingerprint density at radius 2 is 2.12 bits per heavy atom. The first-order valence-corrected chi connectivity index (χ1v) is 5.79. The molecule has 0 aliphatic rings. The van der Waals surface area contributed by atoms with E-state index in [1.807, 2.05) is 31.2 Å². The average molecular weight is 237 g/mol. The summed E-state index contributed by atoms with van der Waals surface area (Å²) in [5.41, 5.74) is 0. The van der Waals surface area contributed by atoms with E-state index in [0.717, 1.165) is 11.5 Å². The molecule has 1 rings (SSSR count). The second-order valence-corrected chi connectivity index (χ2v) is 3.58. The number of hydrogen-bond donors (Lipinski definition) is 1. The minimum atomic E-state index is 0.0711. The predicted octanol–water partition coefficient (Wildman–Crippen LogP) is 1.99. The van der Waals surface area contributed by atoms with Crippen LogP contribution in [-0.2, 0) is 4.79 Å². The van der Waals surface area contributed by atoms with E-state index < -0.39 is 0 Å². The summed E-state index contributed by atoms with van der Waals surface area (Å²) in [5, 5.41) is 2.75. The summed E-state index contributed by atoms with van der Waals surface area (Å²) in [6, 6.07) is 7.43. The van der Waals surface area contributed by atoms with Crippen LogP contribution in [0.5, 0.6) is 11.5 Å². The molecule has 0 radical (unpaired) electrons. The van der Waals surface area contributed by atoms with Crippen molar-refractivity contribution in [2.45, 2.75) is 19.8 Å². The topological polar surface area (TPSA) is 47.6 Å². The Kier molecular flexibility index (Phi) is 5.93. The summed E-state index contributed by atoms with van der Waals surface area (Å²) >= 11 is 0. The van der Waals surface area contributed by atoms with Crippen molar-refractivity contribution in [1.29, 1.82) is 0 Å². The first-order valence-electron chi connectivity index (χ1n) is 5.79. The van der Waals surface area contributed by atoms with Crippen molar-refractivity contribution < 1.29 is 14.3 Å². The molecule has 1 amide bonds. The van der Waals surface area contributed by atoms with Gasteiger partial charge in [-0.25, -0.2) is 0 Å². The molecular weight excluding hydrogens is 218 g/mol. The molecular formula is C13H19NO3. The molecule has 0 bridgehead atoms. The molecule has 0 saturated heterocycles. The van der Waals surface area contributed by atoms with Gasteiger partial charge in [0.2, 0.25) is 5.91 Å². The van der Waals surface area contributed by atoms with Gasteiger partial charge in [-0.1, -0.05) is 6.07 Å². The average Bonchev–Trinajstić information content (AvgIpc) is 2.35. The number of amides is 1. The Labute approximate surface area is 102 Å². The fourth-order valence-electron chi connectivity index (χ4n) is 1.40. The van der Waals surface area contributed by atoms with Crippen molar-refractivity contribution in [3.05, 3.63) is 24.3 Å². The number of benzene rings is 1. The van der Waals surface area contributed by atoms with Crippen molar-refractivity contribution >= 4 is 5.91 Å². The van der Waals surface area contributed by atoms with Crippen LogP contribution in [0.15, 0.2) is 24.3 Å². The highest BCUT2D eigenvalue weighted by Gasteiger charge is 2.00. The molecule has 0 atom stereocenters.